The molecule has 6 nitrogen and oxygen atoms in total. The van der Waals surface area contributed by atoms with Crippen LogP contribution in [-0.4, -0.2) is 39.8 Å². The van der Waals surface area contributed by atoms with Crippen LogP contribution in [0.5, 0.6) is 0 Å². The molecule has 1 fully saturated rings. The number of benzene rings is 1. The fourth-order valence-electron chi connectivity index (χ4n) is 3.27. The summed E-state index contributed by atoms with van der Waals surface area (Å²) >= 11 is 6.11. The Labute approximate surface area is 156 Å². The van der Waals surface area contributed by atoms with Crippen molar-refractivity contribution in [1.82, 2.24) is 15.0 Å². The van der Waals surface area contributed by atoms with Gasteiger partial charge in [0.1, 0.15) is 11.0 Å². The van der Waals surface area contributed by atoms with E-state index in [4.69, 9.17) is 16.6 Å². The van der Waals surface area contributed by atoms with Crippen molar-refractivity contribution in [2.75, 3.05) is 29.9 Å². The van der Waals surface area contributed by atoms with Gasteiger partial charge in [0.15, 0.2) is 0 Å². The van der Waals surface area contributed by atoms with Gasteiger partial charge in [0.2, 0.25) is 5.95 Å². The number of pyridine rings is 1. The van der Waals surface area contributed by atoms with Crippen LogP contribution in [0.2, 0.25) is 5.15 Å². The van der Waals surface area contributed by atoms with E-state index in [2.05, 4.69) is 20.2 Å². The molecule has 2 aromatic heterocycles. The van der Waals surface area contributed by atoms with Gasteiger partial charge in [-0.2, -0.15) is 4.98 Å². The summed E-state index contributed by atoms with van der Waals surface area (Å²) in [4.78, 5) is 15.8. The molecular weight excluding hydrogens is 350 g/mol. The van der Waals surface area contributed by atoms with Gasteiger partial charge in [0, 0.05) is 30.8 Å². The molecule has 0 spiro atoms. The molecule has 1 aliphatic heterocycles. The van der Waals surface area contributed by atoms with E-state index in [1.165, 1.54) is 0 Å². The maximum Gasteiger partial charge on any atom is 0.229 e. The third-order valence-corrected chi connectivity index (χ3v) is 4.94. The number of halogens is 1. The molecule has 1 aromatic carbocycles. The molecule has 0 aliphatic carbocycles. The standard InChI is InChI=1S/C19H20ClN5O/c20-17-10-15-16(11-21-17)23-19(22-14-4-2-1-3-5-14)24-18(15)25-8-6-13(12-26)7-9-25/h1-5,10-11,13,26H,6-9,12H2,(H,22,23,24). The summed E-state index contributed by atoms with van der Waals surface area (Å²) < 4.78 is 0. The fourth-order valence-corrected chi connectivity index (χ4v) is 3.42. The first-order valence-electron chi connectivity index (χ1n) is 8.74. The molecule has 134 valence electrons. The van der Waals surface area contributed by atoms with Crippen LogP contribution in [0.3, 0.4) is 0 Å². The van der Waals surface area contributed by atoms with E-state index in [1.807, 2.05) is 36.4 Å². The highest BCUT2D eigenvalue weighted by Crippen LogP contribution is 2.30. The lowest BCUT2D eigenvalue weighted by atomic mass is 9.98. The van der Waals surface area contributed by atoms with E-state index in [-0.39, 0.29) is 6.61 Å². The van der Waals surface area contributed by atoms with Crippen LogP contribution in [-0.2, 0) is 0 Å². The molecule has 2 N–H and O–H groups in total. The second-order valence-electron chi connectivity index (χ2n) is 6.50. The van der Waals surface area contributed by atoms with Gasteiger partial charge >= 0.3 is 0 Å². The molecule has 0 bridgehead atoms. The lowest BCUT2D eigenvalue weighted by Crippen LogP contribution is -2.35. The van der Waals surface area contributed by atoms with Crippen molar-refractivity contribution in [1.29, 1.82) is 0 Å². The lowest BCUT2D eigenvalue weighted by molar-refractivity contribution is 0.203. The maximum atomic E-state index is 9.38. The van der Waals surface area contributed by atoms with Crippen molar-refractivity contribution in [3.8, 4) is 0 Å². The summed E-state index contributed by atoms with van der Waals surface area (Å²) in [7, 11) is 0. The Balaban J connectivity index is 1.72. The first kappa shape index (κ1) is 17.0. The molecule has 1 saturated heterocycles. The summed E-state index contributed by atoms with van der Waals surface area (Å²) in [5.74, 6) is 1.76. The van der Waals surface area contributed by atoms with E-state index >= 15 is 0 Å². The number of aliphatic hydroxyl groups is 1. The van der Waals surface area contributed by atoms with Crippen LogP contribution in [0, 0.1) is 5.92 Å². The molecule has 0 amide bonds. The average molecular weight is 370 g/mol. The van der Waals surface area contributed by atoms with Crippen molar-refractivity contribution in [2.24, 2.45) is 5.92 Å². The average Bonchev–Trinajstić information content (AvgIpc) is 2.68. The quantitative estimate of drug-likeness (QED) is 0.684. The van der Waals surface area contributed by atoms with Crippen molar-refractivity contribution in [3.63, 3.8) is 0 Å². The smallest absolute Gasteiger partial charge is 0.229 e. The number of rotatable bonds is 4. The van der Waals surface area contributed by atoms with Gasteiger partial charge in [-0.15, -0.1) is 0 Å². The molecule has 3 aromatic rings. The summed E-state index contributed by atoms with van der Waals surface area (Å²) in [6.07, 6.45) is 3.57. The normalized spacial score (nSPS) is 15.4. The Bertz CT molecular complexity index is 897. The maximum absolute atomic E-state index is 9.38. The topological polar surface area (TPSA) is 74.2 Å². The third-order valence-electron chi connectivity index (χ3n) is 4.73. The molecule has 26 heavy (non-hydrogen) atoms. The Morgan fingerprint density at radius 3 is 2.65 bits per heavy atom. The lowest BCUT2D eigenvalue weighted by Gasteiger charge is -2.32. The molecule has 3 heterocycles. The number of aliphatic hydroxyl groups excluding tert-OH is 1. The number of aromatic nitrogens is 3. The van der Waals surface area contributed by atoms with Crippen LogP contribution in [0.1, 0.15) is 12.8 Å². The molecule has 0 atom stereocenters. The fraction of sp³-hybridized carbons (Fsp3) is 0.316. The zero-order chi connectivity index (χ0) is 17.9. The third kappa shape index (κ3) is 3.57. The molecule has 1 aliphatic rings. The Hall–Kier alpha value is -2.44. The molecule has 0 radical (unpaired) electrons. The number of fused-ring (bicyclic) bond motifs is 1. The monoisotopic (exact) mass is 369 g/mol. The van der Waals surface area contributed by atoms with Gasteiger partial charge in [-0.25, -0.2) is 9.97 Å². The summed E-state index contributed by atoms with van der Waals surface area (Å²) in [6, 6.07) is 11.7. The number of piperidine rings is 1. The van der Waals surface area contributed by atoms with Crippen LogP contribution >= 0.6 is 11.6 Å². The van der Waals surface area contributed by atoms with Crippen LogP contribution in [0.25, 0.3) is 10.9 Å². The number of hydrogen-bond donors (Lipinski definition) is 2. The van der Waals surface area contributed by atoms with E-state index < -0.39 is 0 Å². The minimum Gasteiger partial charge on any atom is -0.396 e. The van der Waals surface area contributed by atoms with Crippen molar-refractivity contribution >= 4 is 40.0 Å². The van der Waals surface area contributed by atoms with Crippen LogP contribution in [0.4, 0.5) is 17.5 Å². The van der Waals surface area contributed by atoms with Gasteiger partial charge in [0.25, 0.3) is 0 Å². The van der Waals surface area contributed by atoms with E-state index in [1.54, 1.807) is 6.20 Å². The van der Waals surface area contributed by atoms with Crippen LogP contribution in [0.15, 0.2) is 42.6 Å². The minimum absolute atomic E-state index is 0.245. The number of para-hydroxylation sites is 1. The zero-order valence-electron chi connectivity index (χ0n) is 14.3. The second-order valence-corrected chi connectivity index (χ2v) is 6.89. The predicted molar refractivity (Wildman–Crippen MR) is 104 cm³/mol. The largest absolute Gasteiger partial charge is 0.396 e. The first-order chi connectivity index (χ1) is 12.7. The number of anilines is 3. The van der Waals surface area contributed by atoms with Gasteiger partial charge in [0.05, 0.1) is 11.7 Å². The molecule has 0 unspecified atom stereocenters. The van der Waals surface area contributed by atoms with Crippen molar-refractivity contribution < 1.29 is 5.11 Å². The summed E-state index contributed by atoms with van der Waals surface area (Å²) in [5, 5.41) is 14.0. The molecule has 7 heteroatoms. The van der Waals surface area contributed by atoms with Gasteiger partial charge in [-0.05, 0) is 37.0 Å². The minimum atomic E-state index is 0.245. The van der Waals surface area contributed by atoms with E-state index in [0.717, 1.165) is 48.3 Å². The van der Waals surface area contributed by atoms with Gasteiger partial charge < -0.3 is 15.3 Å². The highest BCUT2D eigenvalue weighted by atomic mass is 35.5. The molecule has 4 rings (SSSR count). The van der Waals surface area contributed by atoms with E-state index in [9.17, 15) is 5.11 Å². The number of hydrogen-bond acceptors (Lipinski definition) is 6. The highest BCUT2D eigenvalue weighted by molar-refractivity contribution is 6.30. The highest BCUT2D eigenvalue weighted by Gasteiger charge is 2.22. The molecular formula is C19H20ClN5O. The van der Waals surface area contributed by atoms with Crippen molar-refractivity contribution in [2.45, 2.75) is 12.8 Å². The second kappa shape index (κ2) is 7.43. The Kier molecular flexibility index (Phi) is 4.86. The predicted octanol–water partition coefficient (Wildman–Crippen LogP) is 3.63. The first-order valence-corrected chi connectivity index (χ1v) is 9.12. The van der Waals surface area contributed by atoms with Crippen LogP contribution < -0.4 is 10.2 Å². The molecule has 0 saturated carbocycles. The Morgan fingerprint density at radius 1 is 1.15 bits per heavy atom. The number of nitrogens with zero attached hydrogens (tertiary/aromatic N) is 4. The summed E-state index contributed by atoms with van der Waals surface area (Å²) in [5.41, 5.74) is 1.68. The van der Waals surface area contributed by atoms with Crippen molar-refractivity contribution in [3.05, 3.63) is 47.7 Å². The van der Waals surface area contributed by atoms with Gasteiger partial charge in [-0.1, -0.05) is 29.8 Å². The Morgan fingerprint density at radius 2 is 1.92 bits per heavy atom. The van der Waals surface area contributed by atoms with Gasteiger partial charge in [-0.3, -0.25) is 0 Å². The van der Waals surface area contributed by atoms with E-state index in [0.29, 0.717) is 17.0 Å². The SMILES string of the molecule is OCC1CCN(c2nc(Nc3ccccc3)nc3cnc(Cl)cc23)CC1. The summed E-state index contributed by atoms with van der Waals surface area (Å²) in [6.45, 7) is 1.94. The zero-order valence-corrected chi connectivity index (χ0v) is 15.0. The number of nitrogens with one attached hydrogen (secondary N) is 1.